The van der Waals surface area contributed by atoms with Crippen LogP contribution in [0.5, 0.6) is 0 Å². The van der Waals surface area contributed by atoms with Gasteiger partial charge in [0.05, 0.1) is 16.6 Å². The van der Waals surface area contributed by atoms with Gasteiger partial charge in [-0.2, -0.15) is 13.2 Å². The summed E-state index contributed by atoms with van der Waals surface area (Å²) in [5.74, 6) is 0.473. The Labute approximate surface area is 202 Å². The molecule has 34 heavy (non-hydrogen) atoms. The van der Waals surface area contributed by atoms with Gasteiger partial charge < -0.3 is 9.80 Å². The van der Waals surface area contributed by atoms with Crippen molar-refractivity contribution in [3.05, 3.63) is 58.7 Å². The molecule has 0 N–H and O–H groups in total. The zero-order valence-corrected chi connectivity index (χ0v) is 19.9. The minimum absolute atomic E-state index is 0.0132. The molecule has 0 aliphatic carbocycles. The highest BCUT2D eigenvalue weighted by Crippen LogP contribution is 2.33. The molecule has 0 spiro atoms. The Morgan fingerprint density at radius 2 is 1.68 bits per heavy atom. The molecule has 0 bridgehead atoms. The van der Waals surface area contributed by atoms with Crippen molar-refractivity contribution in [2.75, 3.05) is 57.3 Å². The van der Waals surface area contributed by atoms with Gasteiger partial charge in [-0.05, 0) is 18.6 Å². The van der Waals surface area contributed by atoms with Crippen LogP contribution >= 0.6 is 11.6 Å². The number of rotatable bonds is 5. The third-order valence-corrected chi connectivity index (χ3v) is 6.88. The normalized spacial score (nSPS) is 19.3. The van der Waals surface area contributed by atoms with Crippen molar-refractivity contribution in [3.63, 3.8) is 0 Å². The first-order valence-corrected chi connectivity index (χ1v) is 11.9. The summed E-state index contributed by atoms with van der Waals surface area (Å²) in [6, 6.07) is 11.0. The zero-order chi connectivity index (χ0) is 24.3. The molecule has 3 heterocycles. The Bertz CT molecular complexity index is 974. The van der Waals surface area contributed by atoms with Crippen LogP contribution in [-0.2, 0) is 17.5 Å². The molecule has 1 amide bonds. The molecule has 2 aromatic rings. The number of anilines is 1. The first-order chi connectivity index (χ1) is 16.2. The second kappa shape index (κ2) is 10.5. The summed E-state index contributed by atoms with van der Waals surface area (Å²) in [5, 5.41) is -0.0132. The topological polar surface area (TPSA) is 42.9 Å². The molecule has 0 saturated carbocycles. The summed E-state index contributed by atoms with van der Waals surface area (Å²) in [7, 11) is 0. The molecule has 6 nitrogen and oxygen atoms in total. The van der Waals surface area contributed by atoms with Crippen molar-refractivity contribution < 1.29 is 18.0 Å². The third-order valence-electron chi connectivity index (χ3n) is 6.60. The second-order valence-electron chi connectivity index (χ2n) is 8.81. The molecule has 1 unspecified atom stereocenters. The Morgan fingerprint density at radius 1 is 1.03 bits per heavy atom. The average Bonchev–Trinajstić information content (AvgIpc) is 2.84. The number of carbonyl (C=O) groups is 1. The fourth-order valence-corrected chi connectivity index (χ4v) is 4.81. The molecule has 4 rings (SSSR count). The van der Waals surface area contributed by atoms with Crippen molar-refractivity contribution in [3.8, 4) is 0 Å². The van der Waals surface area contributed by atoms with Gasteiger partial charge in [0.25, 0.3) is 0 Å². The summed E-state index contributed by atoms with van der Waals surface area (Å²) in [6.07, 6.45) is -3.66. The van der Waals surface area contributed by atoms with Crippen molar-refractivity contribution >= 4 is 23.3 Å². The van der Waals surface area contributed by atoms with E-state index in [-0.39, 0.29) is 17.0 Å². The van der Waals surface area contributed by atoms with Gasteiger partial charge in [0, 0.05) is 65.1 Å². The molecular formula is C24H29ClF3N5O. The van der Waals surface area contributed by atoms with E-state index >= 15 is 0 Å². The summed E-state index contributed by atoms with van der Waals surface area (Å²) in [5.41, 5.74) is 0.416. The fraction of sp³-hybridized carbons (Fsp3) is 0.500. The van der Waals surface area contributed by atoms with E-state index < -0.39 is 11.7 Å². The van der Waals surface area contributed by atoms with Crippen LogP contribution in [0, 0.1) is 0 Å². The SMILES string of the molecule is CC(C(=O)N1CCN(Cc2ccccc2)CC1)N1CCN(c2ncc(C(F)(F)F)cc2Cl)CC1. The molecule has 1 aromatic heterocycles. The Kier molecular flexibility index (Phi) is 7.64. The first kappa shape index (κ1) is 24.8. The van der Waals surface area contributed by atoms with Crippen LogP contribution in [0.3, 0.4) is 0 Å². The molecule has 2 aliphatic rings. The molecule has 1 aromatic carbocycles. The summed E-state index contributed by atoms with van der Waals surface area (Å²) in [6.45, 7) is 8.24. The number of hydrogen-bond acceptors (Lipinski definition) is 5. The van der Waals surface area contributed by atoms with E-state index in [1.165, 1.54) is 5.56 Å². The largest absolute Gasteiger partial charge is 0.417 e. The average molecular weight is 496 g/mol. The standard InChI is InChI=1S/C24H29ClF3N5O/c1-18(23(34)33-9-7-30(8-10-33)17-19-5-3-2-4-6-19)31-11-13-32(14-12-31)22-21(25)15-20(16-29-22)24(26,27)28/h2-6,15-16,18H,7-14,17H2,1H3. The van der Waals surface area contributed by atoms with E-state index in [2.05, 4.69) is 26.9 Å². The number of pyridine rings is 1. The molecular weight excluding hydrogens is 467 g/mol. The monoisotopic (exact) mass is 495 g/mol. The first-order valence-electron chi connectivity index (χ1n) is 11.5. The molecule has 0 radical (unpaired) electrons. The molecule has 2 saturated heterocycles. The molecule has 2 aliphatic heterocycles. The fourth-order valence-electron chi connectivity index (χ4n) is 4.53. The Morgan fingerprint density at radius 3 is 2.26 bits per heavy atom. The van der Waals surface area contributed by atoms with E-state index in [0.29, 0.717) is 45.1 Å². The second-order valence-corrected chi connectivity index (χ2v) is 9.22. The number of benzene rings is 1. The maximum Gasteiger partial charge on any atom is 0.417 e. The van der Waals surface area contributed by atoms with Crippen LogP contribution in [0.4, 0.5) is 19.0 Å². The minimum Gasteiger partial charge on any atom is -0.353 e. The van der Waals surface area contributed by atoms with Crippen molar-refractivity contribution in [1.82, 2.24) is 19.7 Å². The van der Waals surface area contributed by atoms with Crippen molar-refractivity contribution in [1.29, 1.82) is 0 Å². The lowest BCUT2D eigenvalue weighted by molar-refractivity contribution is -0.138. The number of carbonyl (C=O) groups excluding carboxylic acids is 1. The lowest BCUT2D eigenvalue weighted by atomic mass is 10.1. The van der Waals surface area contributed by atoms with Crippen LogP contribution in [0.25, 0.3) is 0 Å². The van der Waals surface area contributed by atoms with Crippen LogP contribution < -0.4 is 4.90 Å². The summed E-state index contributed by atoms with van der Waals surface area (Å²) < 4.78 is 38.6. The third kappa shape index (κ3) is 5.82. The van der Waals surface area contributed by atoms with E-state index in [1.807, 2.05) is 34.9 Å². The Balaban J connectivity index is 1.26. The predicted molar refractivity (Wildman–Crippen MR) is 126 cm³/mol. The molecule has 184 valence electrons. The van der Waals surface area contributed by atoms with E-state index in [9.17, 15) is 18.0 Å². The zero-order valence-electron chi connectivity index (χ0n) is 19.1. The maximum absolute atomic E-state index is 13.1. The number of halogens is 4. The predicted octanol–water partition coefficient (Wildman–Crippen LogP) is 3.61. The summed E-state index contributed by atoms with van der Waals surface area (Å²) >= 11 is 6.10. The van der Waals surface area contributed by atoms with Gasteiger partial charge in [-0.25, -0.2) is 4.98 Å². The number of hydrogen-bond donors (Lipinski definition) is 0. The number of amides is 1. The minimum atomic E-state index is -4.48. The lowest BCUT2D eigenvalue weighted by Crippen LogP contribution is -2.57. The van der Waals surface area contributed by atoms with Crippen molar-refractivity contribution in [2.24, 2.45) is 0 Å². The highest BCUT2D eigenvalue weighted by Gasteiger charge is 2.34. The van der Waals surface area contributed by atoms with Crippen LogP contribution in [0.2, 0.25) is 5.02 Å². The quantitative estimate of drug-likeness (QED) is 0.634. The summed E-state index contributed by atoms with van der Waals surface area (Å²) in [4.78, 5) is 25.4. The highest BCUT2D eigenvalue weighted by atomic mass is 35.5. The van der Waals surface area contributed by atoms with E-state index in [0.717, 1.165) is 31.9 Å². The highest BCUT2D eigenvalue weighted by molar-refractivity contribution is 6.33. The molecule has 2 fully saturated rings. The number of alkyl halides is 3. The number of nitrogens with zero attached hydrogens (tertiary/aromatic N) is 5. The van der Waals surface area contributed by atoms with Gasteiger partial charge in [-0.1, -0.05) is 41.9 Å². The molecule has 1 atom stereocenters. The van der Waals surface area contributed by atoms with Crippen molar-refractivity contribution in [2.45, 2.75) is 25.7 Å². The van der Waals surface area contributed by atoms with Crippen LogP contribution in [-0.4, -0.2) is 84.0 Å². The van der Waals surface area contributed by atoms with Crippen LogP contribution in [0.1, 0.15) is 18.1 Å². The van der Waals surface area contributed by atoms with E-state index in [1.54, 1.807) is 0 Å². The van der Waals surface area contributed by atoms with Gasteiger partial charge in [-0.15, -0.1) is 0 Å². The lowest BCUT2D eigenvalue weighted by Gasteiger charge is -2.41. The van der Waals surface area contributed by atoms with Gasteiger partial charge in [0.15, 0.2) is 0 Å². The van der Waals surface area contributed by atoms with Gasteiger partial charge in [-0.3, -0.25) is 14.6 Å². The smallest absolute Gasteiger partial charge is 0.353 e. The maximum atomic E-state index is 13.1. The van der Waals surface area contributed by atoms with Gasteiger partial charge in [0.2, 0.25) is 5.91 Å². The number of piperazine rings is 2. The Hall–Kier alpha value is -2.36. The van der Waals surface area contributed by atoms with Crippen LogP contribution in [0.15, 0.2) is 42.6 Å². The number of aromatic nitrogens is 1. The van der Waals surface area contributed by atoms with Gasteiger partial charge >= 0.3 is 6.18 Å². The van der Waals surface area contributed by atoms with E-state index in [4.69, 9.17) is 11.6 Å². The van der Waals surface area contributed by atoms with Gasteiger partial charge in [0.1, 0.15) is 5.82 Å². The molecule has 10 heteroatoms.